The summed E-state index contributed by atoms with van der Waals surface area (Å²) in [5.74, 6) is 3.08. The molecule has 2 radical (unpaired) electrons. The molecule has 0 nitrogen and oxygen atoms in total. The maximum atomic E-state index is 3.08. The molecule has 0 aliphatic carbocycles. The van der Waals surface area contributed by atoms with Gasteiger partial charge < -0.3 is 0 Å². The Kier molecular flexibility index (Phi) is 8.73. The third-order valence-electron chi connectivity index (χ3n) is 1.23. The molecule has 1 heteroatoms. The Morgan fingerprint density at radius 3 is 2.56 bits per heavy atom. The van der Waals surface area contributed by atoms with Gasteiger partial charge in [-0.15, -0.1) is 0 Å². The fourth-order valence-electron chi connectivity index (χ4n) is 0.696. The maximum absolute atomic E-state index is 3.08. The van der Waals surface area contributed by atoms with Crippen molar-refractivity contribution in [3.8, 4) is 9.79 Å². The SMILES string of the molecule is CCCCCCC#[C][Sb]. The molecular weight excluding hydrogens is 218 g/mol. The molecule has 0 bridgehead atoms. The van der Waals surface area contributed by atoms with Crippen LogP contribution >= 0.6 is 0 Å². The van der Waals surface area contributed by atoms with Crippen LogP contribution in [0, 0.1) is 9.79 Å². The van der Waals surface area contributed by atoms with Crippen LogP contribution in [0.4, 0.5) is 0 Å². The standard InChI is InChI=1S/C8H13.Sb/c1-3-5-7-8-6-4-2;/h3,5-8H2,1H3;. The number of rotatable bonds is 4. The van der Waals surface area contributed by atoms with Crippen LogP contribution in [0.3, 0.4) is 0 Å². The van der Waals surface area contributed by atoms with E-state index in [0.29, 0.717) is 0 Å². The van der Waals surface area contributed by atoms with Gasteiger partial charge in [-0.1, -0.05) is 0 Å². The van der Waals surface area contributed by atoms with Crippen molar-refractivity contribution >= 4 is 23.0 Å². The molecule has 0 aromatic rings. The van der Waals surface area contributed by atoms with Gasteiger partial charge in [0.2, 0.25) is 0 Å². The van der Waals surface area contributed by atoms with Gasteiger partial charge in [0.1, 0.15) is 0 Å². The van der Waals surface area contributed by atoms with Crippen LogP contribution in [0.1, 0.15) is 39.0 Å². The molecule has 9 heavy (non-hydrogen) atoms. The molecule has 0 spiro atoms. The van der Waals surface area contributed by atoms with Crippen molar-refractivity contribution in [2.75, 3.05) is 0 Å². The van der Waals surface area contributed by atoms with Gasteiger partial charge in [0.25, 0.3) is 0 Å². The van der Waals surface area contributed by atoms with Crippen LogP contribution < -0.4 is 0 Å². The second-order valence-corrected chi connectivity index (χ2v) is 2.74. The molecule has 0 aromatic heterocycles. The molecular formula is C8H13Sb. The molecule has 0 atom stereocenters. The second-order valence-electron chi connectivity index (χ2n) is 2.10. The fraction of sp³-hybridized carbons (Fsp3) is 0.750. The fourth-order valence-corrected chi connectivity index (χ4v) is 1.02. The van der Waals surface area contributed by atoms with E-state index in [1.165, 1.54) is 25.7 Å². The van der Waals surface area contributed by atoms with Gasteiger partial charge in [-0.05, 0) is 0 Å². The average molecular weight is 231 g/mol. The van der Waals surface area contributed by atoms with E-state index >= 15 is 0 Å². The molecule has 0 saturated carbocycles. The van der Waals surface area contributed by atoms with Gasteiger partial charge in [-0.3, -0.25) is 0 Å². The van der Waals surface area contributed by atoms with Crippen molar-refractivity contribution < 1.29 is 0 Å². The van der Waals surface area contributed by atoms with Crippen molar-refractivity contribution in [1.82, 2.24) is 0 Å². The van der Waals surface area contributed by atoms with Crippen molar-refractivity contribution in [1.29, 1.82) is 0 Å². The summed E-state index contributed by atoms with van der Waals surface area (Å²) in [6.07, 6.45) is 6.45. The summed E-state index contributed by atoms with van der Waals surface area (Å²) < 4.78 is 2.94. The first-order valence-corrected chi connectivity index (χ1v) is 4.81. The quantitative estimate of drug-likeness (QED) is 0.394. The van der Waals surface area contributed by atoms with Crippen LogP contribution in [0.15, 0.2) is 0 Å². The van der Waals surface area contributed by atoms with Crippen molar-refractivity contribution in [3.63, 3.8) is 0 Å². The number of hydrogen-bond acceptors (Lipinski definition) is 0. The predicted octanol–water partition coefficient (Wildman–Crippen LogP) is 2.09. The predicted molar refractivity (Wildman–Crippen MR) is 42.3 cm³/mol. The van der Waals surface area contributed by atoms with E-state index in [1.807, 2.05) is 0 Å². The third-order valence-corrected chi connectivity index (χ3v) is 1.69. The van der Waals surface area contributed by atoms with E-state index in [4.69, 9.17) is 0 Å². The van der Waals surface area contributed by atoms with Crippen molar-refractivity contribution in [2.24, 2.45) is 0 Å². The Bertz CT molecular complexity index is 96.9. The van der Waals surface area contributed by atoms with Gasteiger partial charge in [-0.2, -0.15) is 0 Å². The normalized spacial score (nSPS) is 8.22. The van der Waals surface area contributed by atoms with Gasteiger partial charge in [0.05, 0.1) is 0 Å². The molecule has 0 saturated heterocycles. The van der Waals surface area contributed by atoms with Crippen LogP contribution in [0.25, 0.3) is 0 Å². The third kappa shape index (κ3) is 8.38. The Morgan fingerprint density at radius 2 is 2.00 bits per heavy atom. The molecule has 0 aromatic carbocycles. The molecule has 0 rings (SSSR count). The minimum absolute atomic E-state index is 1.11. The zero-order valence-electron chi connectivity index (χ0n) is 5.98. The van der Waals surface area contributed by atoms with E-state index < -0.39 is 0 Å². The minimum atomic E-state index is 1.11. The van der Waals surface area contributed by atoms with Gasteiger partial charge in [0.15, 0.2) is 0 Å². The number of hydrogen-bond donors (Lipinski definition) is 0. The van der Waals surface area contributed by atoms with Crippen LogP contribution in [-0.2, 0) is 0 Å². The number of unbranched alkanes of at least 4 members (excludes halogenated alkanes) is 4. The molecule has 0 aliphatic heterocycles. The molecule has 0 unspecified atom stereocenters. The summed E-state index contributed by atoms with van der Waals surface area (Å²) >= 11 is 1.59. The van der Waals surface area contributed by atoms with Crippen LogP contribution in [0.2, 0.25) is 0 Å². The first-order valence-electron chi connectivity index (χ1n) is 3.53. The molecule has 0 N–H and O–H groups in total. The van der Waals surface area contributed by atoms with Gasteiger partial charge in [0, 0.05) is 0 Å². The summed E-state index contributed by atoms with van der Waals surface area (Å²) in [6, 6.07) is 0. The first-order chi connectivity index (χ1) is 4.41. The molecule has 0 amide bonds. The monoisotopic (exact) mass is 230 g/mol. The summed E-state index contributed by atoms with van der Waals surface area (Å²) in [5, 5.41) is 0. The Morgan fingerprint density at radius 1 is 1.22 bits per heavy atom. The summed E-state index contributed by atoms with van der Waals surface area (Å²) in [4.78, 5) is 0. The summed E-state index contributed by atoms with van der Waals surface area (Å²) in [5.41, 5.74) is 0. The summed E-state index contributed by atoms with van der Waals surface area (Å²) in [6.45, 7) is 2.23. The first kappa shape index (κ1) is 9.38. The zero-order valence-corrected chi connectivity index (χ0v) is 8.54. The molecule has 50 valence electrons. The summed E-state index contributed by atoms with van der Waals surface area (Å²) in [7, 11) is 0. The molecule has 0 heterocycles. The van der Waals surface area contributed by atoms with E-state index in [1.54, 1.807) is 23.0 Å². The Balaban J connectivity index is 2.80. The van der Waals surface area contributed by atoms with E-state index in [0.717, 1.165) is 6.42 Å². The molecule has 0 aliphatic rings. The Labute approximate surface area is 71.9 Å². The average Bonchev–Trinajstić information content (AvgIpc) is 1.89. The van der Waals surface area contributed by atoms with Gasteiger partial charge in [-0.25, -0.2) is 0 Å². The van der Waals surface area contributed by atoms with Crippen LogP contribution in [0.5, 0.6) is 0 Å². The van der Waals surface area contributed by atoms with E-state index in [9.17, 15) is 0 Å². The topological polar surface area (TPSA) is 0 Å². The van der Waals surface area contributed by atoms with Crippen LogP contribution in [-0.4, -0.2) is 23.0 Å². The van der Waals surface area contributed by atoms with E-state index in [2.05, 4.69) is 16.7 Å². The zero-order chi connectivity index (χ0) is 6.95. The Hall–Kier alpha value is 0.378. The van der Waals surface area contributed by atoms with E-state index in [-0.39, 0.29) is 0 Å². The molecule has 0 fully saturated rings. The van der Waals surface area contributed by atoms with Crippen molar-refractivity contribution in [2.45, 2.75) is 39.0 Å². The van der Waals surface area contributed by atoms with Gasteiger partial charge >= 0.3 is 71.8 Å². The van der Waals surface area contributed by atoms with Crippen molar-refractivity contribution in [3.05, 3.63) is 0 Å². The second kappa shape index (κ2) is 8.38.